The molecule has 7 heteroatoms. The summed E-state index contributed by atoms with van der Waals surface area (Å²) in [6, 6.07) is 0. The molecule has 2 aromatic heterocycles. The van der Waals surface area contributed by atoms with Crippen molar-refractivity contribution in [2.75, 3.05) is 24.8 Å². The van der Waals surface area contributed by atoms with E-state index in [2.05, 4.69) is 25.6 Å². The van der Waals surface area contributed by atoms with Crippen LogP contribution in [0.5, 0.6) is 5.75 Å². The molecule has 0 aliphatic rings. The highest BCUT2D eigenvalue weighted by molar-refractivity contribution is 7.11. The molecule has 0 saturated carbocycles. The minimum atomic E-state index is 0.612. The summed E-state index contributed by atoms with van der Waals surface area (Å²) in [7, 11) is 3.39. The smallest absolute Gasteiger partial charge is 0.204 e. The van der Waals surface area contributed by atoms with Gasteiger partial charge in [0.1, 0.15) is 6.33 Å². The number of rotatable bonds is 5. The number of methoxy groups -OCH3 is 1. The summed E-state index contributed by atoms with van der Waals surface area (Å²) in [5, 5.41) is 7.24. The Kier molecular flexibility index (Phi) is 3.93. The van der Waals surface area contributed by atoms with Gasteiger partial charge in [-0.3, -0.25) is 0 Å². The standard InChI is InChI=1S/C11H15N5OS/c1-7-13-4-8(18-7)5-14-11-9(17-3)10(12-2)15-6-16-11/h4,6H,5H2,1-3H3,(H2,12,14,15,16). The Morgan fingerprint density at radius 2 is 2.06 bits per heavy atom. The largest absolute Gasteiger partial charge is 0.490 e. The van der Waals surface area contributed by atoms with E-state index in [4.69, 9.17) is 4.74 Å². The van der Waals surface area contributed by atoms with Crippen LogP contribution in [0.3, 0.4) is 0 Å². The van der Waals surface area contributed by atoms with Crippen molar-refractivity contribution >= 4 is 23.0 Å². The molecule has 18 heavy (non-hydrogen) atoms. The molecule has 2 N–H and O–H groups in total. The highest BCUT2D eigenvalue weighted by Gasteiger charge is 2.10. The van der Waals surface area contributed by atoms with Gasteiger partial charge in [0.2, 0.25) is 5.75 Å². The van der Waals surface area contributed by atoms with E-state index in [0.29, 0.717) is 23.9 Å². The Morgan fingerprint density at radius 3 is 2.67 bits per heavy atom. The van der Waals surface area contributed by atoms with Gasteiger partial charge in [0.15, 0.2) is 11.6 Å². The number of aryl methyl sites for hydroxylation is 1. The first-order chi connectivity index (χ1) is 8.74. The summed E-state index contributed by atoms with van der Waals surface area (Å²) < 4.78 is 5.30. The molecule has 0 saturated heterocycles. The predicted molar refractivity (Wildman–Crippen MR) is 72.3 cm³/mol. The monoisotopic (exact) mass is 265 g/mol. The summed E-state index contributed by atoms with van der Waals surface area (Å²) >= 11 is 1.66. The number of hydrogen-bond acceptors (Lipinski definition) is 7. The SMILES string of the molecule is CNc1ncnc(NCc2cnc(C)s2)c1OC. The maximum absolute atomic E-state index is 5.30. The molecule has 2 heterocycles. The van der Waals surface area contributed by atoms with Gasteiger partial charge in [-0.2, -0.15) is 0 Å². The fourth-order valence-electron chi connectivity index (χ4n) is 1.53. The van der Waals surface area contributed by atoms with Crippen LogP contribution >= 0.6 is 11.3 Å². The zero-order valence-electron chi connectivity index (χ0n) is 10.5. The van der Waals surface area contributed by atoms with Gasteiger partial charge in [-0.05, 0) is 6.92 Å². The summed E-state index contributed by atoms with van der Waals surface area (Å²) in [6.45, 7) is 2.65. The van der Waals surface area contributed by atoms with Crippen LogP contribution in [0.4, 0.5) is 11.6 Å². The fraction of sp³-hybridized carbons (Fsp3) is 0.364. The van der Waals surface area contributed by atoms with Crippen LogP contribution in [-0.4, -0.2) is 29.1 Å². The van der Waals surface area contributed by atoms with Gasteiger partial charge in [0.05, 0.1) is 18.7 Å². The molecule has 0 aliphatic heterocycles. The van der Waals surface area contributed by atoms with Crippen LogP contribution in [0.2, 0.25) is 0 Å². The van der Waals surface area contributed by atoms with E-state index in [1.807, 2.05) is 13.1 Å². The van der Waals surface area contributed by atoms with Crippen molar-refractivity contribution in [2.24, 2.45) is 0 Å². The third-order valence-electron chi connectivity index (χ3n) is 2.34. The lowest BCUT2D eigenvalue weighted by Gasteiger charge is -2.11. The second-order valence-electron chi connectivity index (χ2n) is 3.55. The summed E-state index contributed by atoms with van der Waals surface area (Å²) in [5.41, 5.74) is 0. The normalized spacial score (nSPS) is 10.2. The summed E-state index contributed by atoms with van der Waals surface area (Å²) in [5.74, 6) is 1.94. The Balaban J connectivity index is 2.13. The van der Waals surface area contributed by atoms with E-state index >= 15 is 0 Å². The molecule has 0 radical (unpaired) electrons. The molecule has 2 aromatic rings. The van der Waals surface area contributed by atoms with Gasteiger partial charge < -0.3 is 15.4 Å². The molecular formula is C11H15N5OS. The van der Waals surface area contributed by atoms with Gasteiger partial charge in [0.25, 0.3) is 0 Å². The third-order valence-corrected chi connectivity index (χ3v) is 3.26. The lowest BCUT2D eigenvalue weighted by molar-refractivity contribution is 0.415. The third kappa shape index (κ3) is 2.67. The lowest BCUT2D eigenvalue weighted by atomic mass is 10.4. The number of aromatic nitrogens is 3. The molecule has 0 spiro atoms. The summed E-state index contributed by atoms with van der Waals surface area (Å²) in [6.07, 6.45) is 3.36. The molecular weight excluding hydrogens is 250 g/mol. The van der Waals surface area contributed by atoms with E-state index < -0.39 is 0 Å². The van der Waals surface area contributed by atoms with E-state index in [1.165, 1.54) is 6.33 Å². The van der Waals surface area contributed by atoms with Gasteiger partial charge >= 0.3 is 0 Å². The molecule has 0 aromatic carbocycles. The number of thiazole rings is 1. The molecule has 0 unspecified atom stereocenters. The Morgan fingerprint density at radius 1 is 1.28 bits per heavy atom. The minimum absolute atomic E-state index is 0.612. The highest BCUT2D eigenvalue weighted by atomic mass is 32.1. The lowest BCUT2D eigenvalue weighted by Crippen LogP contribution is -2.05. The second kappa shape index (κ2) is 5.63. The number of nitrogens with one attached hydrogen (secondary N) is 2. The van der Waals surface area contributed by atoms with Crippen molar-refractivity contribution in [3.63, 3.8) is 0 Å². The Hall–Kier alpha value is -1.89. The molecule has 96 valence electrons. The van der Waals surface area contributed by atoms with Crippen molar-refractivity contribution in [1.29, 1.82) is 0 Å². The highest BCUT2D eigenvalue weighted by Crippen LogP contribution is 2.28. The van der Waals surface area contributed by atoms with Crippen molar-refractivity contribution in [1.82, 2.24) is 15.0 Å². The van der Waals surface area contributed by atoms with Gasteiger partial charge in [-0.1, -0.05) is 0 Å². The maximum Gasteiger partial charge on any atom is 0.204 e. The van der Waals surface area contributed by atoms with Crippen LogP contribution in [-0.2, 0) is 6.54 Å². The molecule has 0 bridgehead atoms. The van der Waals surface area contributed by atoms with Crippen LogP contribution in [0, 0.1) is 6.92 Å². The van der Waals surface area contributed by atoms with Crippen LogP contribution in [0.25, 0.3) is 0 Å². The zero-order chi connectivity index (χ0) is 13.0. The molecule has 0 atom stereocenters. The molecule has 0 aliphatic carbocycles. The number of hydrogen-bond donors (Lipinski definition) is 2. The summed E-state index contributed by atoms with van der Waals surface area (Å²) in [4.78, 5) is 13.6. The fourth-order valence-corrected chi connectivity index (χ4v) is 2.26. The molecule has 0 fully saturated rings. The van der Waals surface area contributed by atoms with E-state index in [9.17, 15) is 0 Å². The number of ether oxygens (including phenoxy) is 1. The van der Waals surface area contributed by atoms with Crippen molar-refractivity contribution in [3.05, 3.63) is 22.4 Å². The van der Waals surface area contributed by atoms with Gasteiger partial charge in [-0.15, -0.1) is 11.3 Å². The Bertz CT molecular complexity index is 528. The van der Waals surface area contributed by atoms with E-state index in [0.717, 1.165) is 9.88 Å². The predicted octanol–water partition coefficient (Wildman–Crippen LogP) is 1.90. The first kappa shape index (κ1) is 12.6. The van der Waals surface area contributed by atoms with Crippen molar-refractivity contribution in [3.8, 4) is 5.75 Å². The molecule has 0 amide bonds. The average molecular weight is 265 g/mol. The minimum Gasteiger partial charge on any atom is -0.490 e. The number of anilines is 2. The van der Waals surface area contributed by atoms with Crippen LogP contribution in [0.15, 0.2) is 12.5 Å². The Labute approximate surface area is 109 Å². The maximum atomic E-state index is 5.30. The first-order valence-corrected chi connectivity index (χ1v) is 6.28. The van der Waals surface area contributed by atoms with E-state index in [1.54, 1.807) is 25.5 Å². The van der Waals surface area contributed by atoms with Crippen molar-refractivity contribution < 1.29 is 4.74 Å². The zero-order valence-corrected chi connectivity index (χ0v) is 11.3. The first-order valence-electron chi connectivity index (χ1n) is 5.46. The van der Waals surface area contributed by atoms with Crippen LogP contribution in [0.1, 0.15) is 9.88 Å². The molecule has 2 rings (SSSR count). The van der Waals surface area contributed by atoms with Gasteiger partial charge in [-0.25, -0.2) is 15.0 Å². The van der Waals surface area contributed by atoms with Crippen LogP contribution < -0.4 is 15.4 Å². The van der Waals surface area contributed by atoms with E-state index in [-0.39, 0.29) is 0 Å². The van der Waals surface area contributed by atoms with Gasteiger partial charge in [0, 0.05) is 18.1 Å². The van der Waals surface area contributed by atoms with Crippen molar-refractivity contribution in [2.45, 2.75) is 13.5 Å². The quantitative estimate of drug-likeness (QED) is 0.860. The average Bonchev–Trinajstić information content (AvgIpc) is 2.81. The number of nitrogens with zero attached hydrogens (tertiary/aromatic N) is 3. The molecule has 6 nitrogen and oxygen atoms in total. The second-order valence-corrected chi connectivity index (χ2v) is 4.87. The topological polar surface area (TPSA) is 72.0 Å².